The van der Waals surface area contributed by atoms with Gasteiger partial charge < -0.3 is 0 Å². The lowest BCUT2D eigenvalue weighted by atomic mass is 9.65. The molecule has 0 radical (unpaired) electrons. The van der Waals surface area contributed by atoms with Crippen molar-refractivity contribution in [1.82, 2.24) is 0 Å². The third kappa shape index (κ3) is 2.26. The van der Waals surface area contributed by atoms with E-state index in [1.54, 1.807) is 0 Å². The van der Waals surface area contributed by atoms with Gasteiger partial charge in [0, 0.05) is 18.3 Å². The molecule has 1 heteroatoms. The van der Waals surface area contributed by atoms with Gasteiger partial charge in [-0.1, -0.05) is 53.6 Å². The molecule has 0 aliphatic heterocycles. The zero-order valence-corrected chi connectivity index (χ0v) is 13.9. The Hall–Kier alpha value is -2.15. The second-order valence-corrected chi connectivity index (χ2v) is 7.14. The normalized spacial score (nSPS) is 18.9. The molecule has 0 bridgehead atoms. The summed E-state index contributed by atoms with van der Waals surface area (Å²) in [6.45, 7) is 4.33. The van der Waals surface area contributed by atoms with Crippen molar-refractivity contribution in [3.63, 3.8) is 0 Å². The highest BCUT2D eigenvalue weighted by Crippen LogP contribution is 2.54. The lowest BCUT2D eigenvalue weighted by Crippen LogP contribution is -2.31. The van der Waals surface area contributed by atoms with E-state index in [9.17, 15) is 4.79 Å². The summed E-state index contributed by atoms with van der Waals surface area (Å²) in [5.74, 6) is 0.416. The SMILES string of the molecule is Cc1cc(C)cc(C2=Cc3ccccc3C23CCC(=O)CC3)c1. The van der Waals surface area contributed by atoms with E-state index in [0.29, 0.717) is 18.6 Å². The smallest absolute Gasteiger partial charge is 0.133 e. The second-order valence-electron chi connectivity index (χ2n) is 7.14. The Morgan fingerprint density at radius 2 is 1.57 bits per heavy atom. The lowest BCUT2D eigenvalue weighted by molar-refractivity contribution is -0.120. The van der Waals surface area contributed by atoms with Gasteiger partial charge in [-0.15, -0.1) is 0 Å². The van der Waals surface area contributed by atoms with Crippen molar-refractivity contribution >= 4 is 17.4 Å². The van der Waals surface area contributed by atoms with Gasteiger partial charge in [-0.05, 0) is 55.0 Å². The fourth-order valence-corrected chi connectivity index (χ4v) is 4.48. The number of carbonyl (C=O) groups is 1. The van der Waals surface area contributed by atoms with E-state index in [0.717, 1.165) is 12.8 Å². The Labute approximate surface area is 138 Å². The van der Waals surface area contributed by atoms with Gasteiger partial charge in [-0.25, -0.2) is 0 Å². The highest BCUT2D eigenvalue weighted by molar-refractivity contribution is 5.96. The van der Waals surface area contributed by atoms with Crippen LogP contribution in [-0.4, -0.2) is 5.78 Å². The minimum Gasteiger partial charge on any atom is -0.300 e. The van der Waals surface area contributed by atoms with Gasteiger partial charge in [0.1, 0.15) is 5.78 Å². The van der Waals surface area contributed by atoms with Gasteiger partial charge in [-0.3, -0.25) is 4.79 Å². The molecular formula is C22H22O. The summed E-state index contributed by atoms with van der Waals surface area (Å²) in [4.78, 5) is 11.8. The monoisotopic (exact) mass is 302 g/mol. The Kier molecular flexibility index (Phi) is 3.26. The highest BCUT2D eigenvalue weighted by Gasteiger charge is 2.44. The summed E-state index contributed by atoms with van der Waals surface area (Å²) in [5, 5.41) is 0. The van der Waals surface area contributed by atoms with Crippen LogP contribution < -0.4 is 0 Å². The van der Waals surface area contributed by atoms with Gasteiger partial charge in [0.2, 0.25) is 0 Å². The molecule has 0 saturated heterocycles. The zero-order chi connectivity index (χ0) is 16.0. The van der Waals surface area contributed by atoms with Crippen molar-refractivity contribution in [1.29, 1.82) is 0 Å². The summed E-state index contributed by atoms with van der Waals surface area (Å²) in [5.41, 5.74) is 8.13. The maximum atomic E-state index is 11.8. The molecule has 23 heavy (non-hydrogen) atoms. The highest BCUT2D eigenvalue weighted by atomic mass is 16.1. The summed E-state index contributed by atoms with van der Waals surface area (Å²) < 4.78 is 0. The standard InChI is InChI=1S/C22H22O/c1-15-11-16(2)13-18(12-15)21-14-17-5-3-4-6-20(17)22(21)9-7-19(23)8-10-22/h3-6,11-14H,7-10H2,1-2H3. The average molecular weight is 302 g/mol. The summed E-state index contributed by atoms with van der Waals surface area (Å²) in [6, 6.07) is 15.5. The molecule has 0 atom stereocenters. The fourth-order valence-electron chi connectivity index (χ4n) is 4.48. The molecule has 0 aromatic heterocycles. The van der Waals surface area contributed by atoms with E-state index in [4.69, 9.17) is 0 Å². The number of rotatable bonds is 1. The Morgan fingerprint density at radius 3 is 2.26 bits per heavy atom. The van der Waals surface area contributed by atoms with Crippen molar-refractivity contribution < 1.29 is 4.79 Å². The number of allylic oxidation sites excluding steroid dienone is 1. The Morgan fingerprint density at radius 1 is 0.913 bits per heavy atom. The maximum absolute atomic E-state index is 11.8. The van der Waals surface area contributed by atoms with Gasteiger partial charge in [0.25, 0.3) is 0 Å². The molecule has 1 fully saturated rings. The van der Waals surface area contributed by atoms with Crippen molar-refractivity contribution in [2.45, 2.75) is 44.9 Å². The van der Waals surface area contributed by atoms with Gasteiger partial charge in [0.05, 0.1) is 0 Å². The summed E-state index contributed by atoms with van der Waals surface area (Å²) in [6.07, 6.45) is 5.66. The third-order valence-electron chi connectivity index (χ3n) is 5.49. The van der Waals surface area contributed by atoms with Crippen LogP contribution in [0.1, 0.15) is 53.5 Å². The quantitative estimate of drug-likeness (QED) is 0.704. The molecule has 116 valence electrons. The lowest BCUT2D eigenvalue weighted by Gasteiger charge is -2.37. The molecule has 1 spiro atoms. The molecule has 0 heterocycles. The molecule has 0 N–H and O–H groups in total. The summed E-state index contributed by atoms with van der Waals surface area (Å²) >= 11 is 0. The largest absolute Gasteiger partial charge is 0.300 e. The molecule has 1 saturated carbocycles. The zero-order valence-electron chi connectivity index (χ0n) is 13.9. The van der Waals surface area contributed by atoms with Crippen LogP contribution in [0, 0.1) is 13.8 Å². The molecule has 2 aliphatic rings. The minimum absolute atomic E-state index is 0.0325. The van der Waals surface area contributed by atoms with Crippen LogP contribution in [0.15, 0.2) is 42.5 Å². The van der Waals surface area contributed by atoms with Crippen molar-refractivity contribution in [2.75, 3.05) is 0 Å². The first-order valence-corrected chi connectivity index (χ1v) is 8.51. The van der Waals surface area contributed by atoms with Crippen LogP contribution in [0.2, 0.25) is 0 Å². The first kappa shape index (κ1) is 14.4. The van der Waals surface area contributed by atoms with E-state index in [-0.39, 0.29) is 5.41 Å². The van der Waals surface area contributed by atoms with Crippen LogP contribution in [0.4, 0.5) is 0 Å². The van der Waals surface area contributed by atoms with Gasteiger partial charge in [0.15, 0.2) is 0 Å². The van der Waals surface area contributed by atoms with Crippen LogP contribution in [0.3, 0.4) is 0 Å². The van der Waals surface area contributed by atoms with Crippen LogP contribution in [0.25, 0.3) is 11.6 Å². The first-order valence-electron chi connectivity index (χ1n) is 8.51. The van der Waals surface area contributed by atoms with Crippen molar-refractivity contribution in [3.05, 3.63) is 70.3 Å². The molecule has 2 aliphatic carbocycles. The predicted molar refractivity (Wildman–Crippen MR) is 95.4 cm³/mol. The van der Waals surface area contributed by atoms with Crippen LogP contribution >= 0.6 is 0 Å². The van der Waals surface area contributed by atoms with Crippen molar-refractivity contribution in [2.24, 2.45) is 0 Å². The molecule has 4 rings (SSSR count). The van der Waals surface area contributed by atoms with Gasteiger partial charge in [-0.2, -0.15) is 0 Å². The molecular weight excluding hydrogens is 280 g/mol. The number of ketones is 1. The maximum Gasteiger partial charge on any atom is 0.133 e. The fraction of sp³-hybridized carbons (Fsp3) is 0.318. The number of hydrogen-bond acceptors (Lipinski definition) is 1. The van der Waals surface area contributed by atoms with Gasteiger partial charge >= 0.3 is 0 Å². The van der Waals surface area contributed by atoms with E-state index < -0.39 is 0 Å². The van der Waals surface area contributed by atoms with Crippen LogP contribution in [0.5, 0.6) is 0 Å². The number of benzene rings is 2. The molecule has 2 aromatic rings. The van der Waals surface area contributed by atoms with Crippen LogP contribution in [-0.2, 0) is 10.2 Å². The van der Waals surface area contributed by atoms with E-state index in [1.807, 2.05) is 0 Å². The Balaban J connectivity index is 1.89. The number of aryl methyl sites for hydroxylation is 2. The minimum atomic E-state index is 0.0325. The number of fused-ring (bicyclic) bond motifs is 2. The number of carbonyl (C=O) groups excluding carboxylic acids is 1. The Bertz CT molecular complexity index is 795. The van der Waals surface area contributed by atoms with E-state index in [2.05, 4.69) is 62.4 Å². The molecule has 0 amide bonds. The third-order valence-corrected chi connectivity index (χ3v) is 5.49. The average Bonchev–Trinajstić information content (AvgIpc) is 2.84. The number of Topliss-reactive ketones (excluding diaryl/α,β-unsaturated/α-hetero) is 1. The molecule has 2 aromatic carbocycles. The predicted octanol–water partition coefficient (Wildman–Crippen LogP) is 5.24. The topological polar surface area (TPSA) is 17.1 Å². The molecule has 1 nitrogen and oxygen atoms in total. The molecule has 0 unspecified atom stereocenters. The van der Waals surface area contributed by atoms with E-state index >= 15 is 0 Å². The second kappa shape index (κ2) is 5.19. The van der Waals surface area contributed by atoms with Crippen molar-refractivity contribution in [3.8, 4) is 0 Å². The first-order chi connectivity index (χ1) is 11.1. The van der Waals surface area contributed by atoms with E-state index in [1.165, 1.54) is 33.4 Å². The summed E-state index contributed by atoms with van der Waals surface area (Å²) in [7, 11) is 0. The number of hydrogen-bond donors (Lipinski definition) is 0.